The van der Waals surface area contributed by atoms with Gasteiger partial charge in [-0.25, -0.2) is 0 Å². The average Bonchev–Trinajstić information content (AvgIpc) is 2.52. The van der Waals surface area contributed by atoms with Crippen molar-refractivity contribution >= 4 is 0 Å². The molecule has 2 heteroatoms. The second-order valence-corrected chi connectivity index (χ2v) is 6.70. The van der Waals surface area contributed by atoms with Crippen molar-refractivity contribution in [3.05, 3.63) is 12.8 Å². The maximum atomic E-state index is 3.66. The van der Waals surface area contributed by atoms with Crippen molar-refractivity contribution < 1.29 is 0 Å². The van der Waals surface area contributed by atoms with E-state index in [0.717, 1.165) is 6.54 Å². The molecule has 1 N–H and O–H groups in total. The lowest BCUT2D eigenvalue weighted by atomic mass is 10.1. The van der Waals surface area contributed by atoms with Crippen LogP contribution < -0.4 is 5.32 Å². The molecule has 0 saturated carbocycles. The van der Waals surface area contributed by atoms with E-state index in [-0.39, 0.29) is 0 Å². The second-order valence-electron chi connectivity index (χ2n) is 6.70. The van der Waals surface area contributed by atoms with Crippen molar-refractivity contribution in [3.8, 4) is 0 Å². The van der Waals surface area contributed by atoms with E-state index in [1.807, 2.05) is 0 Å². The van der Waals surface area contributed by atoms with Gasteiger partial charge in [-0.2, -0.15) is 0 Å². The van der Waals surface area contributed by atoms with Crippen molar-refractivity contribution in [1.29, 1.82) is 0 Å². The van der Waals surface area contributed by atoms with Gasteiger partial charge < -0.3 is 10.2 Å². The molecule has 0 spiro atoms. The number of hydrogen-bond donors (Lipinski definition) is 1. The van der Waals surface area contributed by atoms with Crippen LogP contribution in [0.2, 0.25) is 0 Å². The molecule has 0 heterocycles. The van der Waals surface area contributed by atoms with Crippen LogP contribution in [-0.2, 0) is 0 Å². The minimum absolute atomic E-state index is 1.09. The summed E-state index contributed by atoms with van der Waals surface area (Å²) in [4.78, 5) is 2.53. The van der Waals surface area contributed by atoms with E-state index in [4.69, 9.17) is 0 Å². The smallest absolute Gasteiger partial charge is 0.0141 e. The van der Waals surface area contributed by atoms with E-state index in [0.29, 0.717) is 0 Å². The largest absolute Gasteiger partial charge is 0.391 e. The molecule has 0 saturated heterocycles. The first-order valence-corrected chi connectivity index (χ1v) is 9.84. The van der Waals surface area contributed by atoms with Crippen molar-refractivity contribution in [2.24, 2.45) is 0 Å². The molecular formula is C20H42N2. The number of nitrogens with one attached hydrogen (secondary N) is 1. The van der Waals surface area contributed by atoms with Gasteiger partial charge in [0.15, 0.2) is 0 Å². The fourth-order valence-electron chi connectivity index (χ4n) is 2.87. The summed E-state index contributed by atoms with van der Waals surface area (Å²) >= 11 is 0. The summed E-state index contributed by atoms with van der Waals surface area (Å²) in [7, 11) is 2.29. The Labute approximate surface area is 140 Å². The fraction of sp³-hybridized carbons (Fsp3) is 0.900. The van der Waals surface area contributed by atoms with Gasteiger partial charge >= 0.3 is 0 Å². The van der Waals surface area contributed by atoms with Gasteiger partial charge in [0.25, 0.3) is 0 Å². The van der Waals surface area contributed by atoms with Crippen LogP contribution in [0.15, 0.2) is 12.8 Å². The van der Waals surface area contributed by atoms with Crippen LogP contribution >= 0.6 is 0 Å². The van der Waals surface area contributed by atoms with Gasteiger partial charge in [0, 0.05) is 6.54 Å². The quantitative estimate of drug-likeness (QED) is 0.325. The van der Waals surface area contributed by atoms with Crippen molar-refractivity contribution in [3.63, 3.8) is 0 Å². The molecule has 0 unspecified atom stereocenters. The third kappa shape index (κ3) is 17.6. The molecule has 0 aliphatic rings. The molecule has 0 amide bonds. The van der Waals surface area contributed by atoms with Gasteiger partial charge in [-0.05, 0) is 45.6 Å². The Kier molecular flexibility index (Phi) is 18.1. The van der Waals surface area contributed by atoms with E-state index in [1.54, 1.807) is 6.20 Å². The SMILES string of the molecule is C=CNCCCCCCCCN(C)CCCCCCCCC. The molecule has 0 aliphatic heterocycles. The summed E-state index contributed by atoms with van der Waals surface area (Å²) in [6.45, 7) is 9.62. The summed E-state index contributed by atoms with van der Waals surface area (Å²) in [5.74, 6) is 0. The zero-order valence-corrected chi connectivity index (χ0v) is 15.5. The van der Waals surface area contributed by atoms with Gasteiger partial charge in [0.05, 0.1) is 0 Å². The number of nitrogens with zero attached hydrogens (tertiary/aromatic N) is 1. The molecule has 132 valence electrons. The van der Waals surface area contributed by atoms with E-state index >= 15 is 0 Å². The Morgan fingerprint density at radius 3 is 1.68 bits per heavy atom. The van der Waals surface area contributed by atoms with Gasteiger partial charge in [0.1, 0.15) is 0 Å². The lowest BCUT2D eigenvalue weighted by molar-refractivity contribution is 0.314. The normalized spacial score (nSPS) is 11.0. The highest BCUT2D eigenvalue weighted by molar-refractivity contribution is 4.62. The van der Waals surface area contributed by atoms with Gasteiger partial charge in [-0.1, -0.05) is 77.7 Å². The Hall–Kier alpha value is -0.500. The van der Waals surface area contributed by atoms with E-state index in [9.17, 15) is 0 Å². The Morgan fingerprint density at radius 1 is 0.727 bits per heavy atom. The van der Waals surface area contributed by atoms with Gasteiger partial charge in [-0.15, -0.1) is 0 Å². The highest BCUT2D eigenvalue weighted by atomic mass is 15.1. The van der Waals surface area contributed by atoms with Crippen molar-refractivity contribution in [2.75, 3.05) is 26.7 Å². The number of hydrogen-bond acceptors (Lipinski definition) is 2. The van der Waals surface area contributed by atoms with Crippen LogP contribution in [0, 0.1) is 0 Å². The van der Waals surface area contributed by atoms with Crippen LogP contribution in [0.1, 0.15) is 90.4 Å². The molecule has 0 rings (SSSR count). The maximum absolute atomic E-state index is 3.66. The molecule has 0 aromatic carbocycles. The number of unbranched alkanes of at least 4 members (excludes halogenated alkanes) is 11. The molecule has 0 atom stereocenters. The fourth-order valence-corrected chi connectivity index (χ4v) is 2.87. The van der Waals surface area contributed by atoms with E-state index in [2.05, 4.69) is 30.8 Å². The van der Waals surface area contributed by atoms with Crippen LogP contribution in [0.25, 0.3) is 0 Å². The highest BCUT2D eigenvalue weighted by Crippen LogP contribution is 2.08. The average molecular weight is 311 g/mol. The van der Waals surface area contributed by atoms with Crippen LogP contribution in [-0.4, -0.2) is 31.6 Å². The lowest BCUT2D eigenvalue weighted by Gasteiger charge is -2.16. The van der Waals surface area contributed by atoms with Crippen LogP contribution in [0.3, 0.4) is 0 Å². The summed E-state index contributed by atoms with van der Waals surface area (Å²) in [5.41, 5.74) is 0. The zero-order valence-electron chi connectivity index (χ0n) is 15.5. The predicted octanol–water partition coefficient (Wildman–Crippen LogP) is 5.74. The highest BCUT2D eigenvalue weighted by Gasteiger charge is 1.98. The van der Waals surface area contributed by atoms with Gasteiger partial charge in [-0.3, -0.25) is 0 Å². The van der Waals surface area contributed by atoms with Crippen molar-refractivity contribution in [2.45, 2.75) is 90.4 Å². The molecule has 0 fully saturated rings. The monoisotopic (exact) mass is 310 g/mol. The zero-order chi connectivity index (χ0) is 16.3. The molecule has 0 aromatic rings. The first kappa shape index (κ1) is 21.5. The molecule has 2 nitrogen and oxygen atoms in total. The molecule has 0 aromatic heterocycles. The topological polar surface area (TPSA) is 15.3 Å². The summed E-state index contributed by atoms with van der Waals surface area (Å²) < 4.78 is 0. The maximum Gasteiger partial charge on any atom is 0.0141 e. The van der Waals surface area contributed by atoms with Crippen LogP contribution in [0.4, 0.5) is 0 Å². The summed E-state index contributed by atoms with van der Waals surface area (Å²) in [6.07, 6.45) is 19.9. The first-order chi connectivity index (χ1) is 10.8. The third-order valence-corrected chi connectivity index (χ3v) is 4.40. The Bertz CT molecular complexity index is 216. The summed E-state index contributed by atoms with van der Waals surface area (Å²) in [5, 5.41) is 3.16. The number of rotatable bonds is 18. The minimum atomic E-state index is 1.09. The lowest BCUT2D eigenvalue weighted by Crippen LogP contribution is -2.20. The Balaban J connectivity index is 3.12. The van der Waals surface area contributed by atoms with E-state index in [1.165, 1.54) is 96.6 Å². The van der Waals surface area contributed by atoms with Crippen LogP contribution in [0.5, 0.6) is 0 Å². The molecule has 22 heavy (non-hydrogen) atoms. The van der Waals surface area contributed by atoms with Gasteiger partial charge in [0.2, 0.25) is 0 Å². The Morgan fingerprint density at radius 2 is 1.18 bits per heavy atom. The molecule has 0 aliphatic carbocycles. The molecule has 0 bridgehead atoms. The third-order valence-electron chi connectivity index (χ3n) is 4.40. The molecule has 0 radical (unpaired) electrons. The second kappa shape index (κ2) is 18.5. The standard InChI is InChI=1S/C20H42N2/c1-4-6-7-8-10-13-16-19-22(3)20-17-14-11-9-12-15-18-21-5-2/h5,21H,2,4,6-20H2,1,3H3. The van der Waals surface area contributed by atoms with E-state index < -0.39 is 0 Å². The van der Waals surface area contributed by atoms with Crippen molar-refractivity contribution in [1.82, 2.24) is 10.2 Å². The predicted molar refractivity (Wildman–Crippen MR) is 101 cm³/mol. The summed E-state index contributed by atoms with van der Waals surface area (Å²) in [6, 6.07) is 0. The minimum Gasteiger partial charge on any atom is -0.391 e. The molecular weight excluding hydrogens is 268 g/mol. The first-order valence-electron chi connectivity index (χ1n) is 9.84.